The summed E-state index contributed by atoms with van der Waals surface area (Å²) in [5.41, 5.74) is 1.83. The van der Waals surface area contributed by atoms with Gasteiger partial charge in [-0.3, -0.25) is 4.79 Å². The van der Waals surface area contributed by atoms with Gasteiger partial charge in [-0.1, -0.05) is 12.2 Å². The van der Waals surface area contributed by atoms with Gasteiger partial charge in [-0.15, -0.1) is 0 Å². The topological polar surface area (TPSA) is 64.6 Å². The maximum Gasteiger partial charge on any atom is 0.344 e. The van der Waals surface area contributed by atoms with Crippen LogP contribution >= 0.6 is 0 Å². The van der Waals surface area contributed by atoms with E-state index in [0.29, 0.717) is 18.6 Å². The lowest BCUT2D eigenvalue weighted by atomic mass is 10.0. The first kappa shape index (κ1) is 14.1. The molecule has 5 nitrogen and oxygen atoms in total. The highest BCUT2D eigenvalue weighted by molar-refractivity contribution is 5.94. The number of hydrogen-bond donors (Lipinski definition) is 1. The fraction of sp³-hybridized carbons (Fsp3) is 0.333. The van der Waals surface area contributed by atoms with Gasteiger partial charge in [-0.05, 0) is 37.1 Å². The average Bonchev–Trinajstić information content (AvgIpc) is 2.45. The second-order valence-electron chi connectivity index (χ2n) is 4.41. The van der Waals surface area contributed by atoms with Crippen LogP contribution in [0, 0.1) is 0 Å². The molecular formula is C15H17NO4. The van der Waals surface area contributed by atoms with E-state index in [2.05, 4.69) is 5.32 Å². The highest BCUT2D eigenvalue weighted by Crippen LogP contribution is 2.26. The van der Waals surface area contributed by atoms with Crippen molar-refractivity contribution in [2.75, 3.05) is 18.5 Å². The summed E-state index contributed by atoms with van der Waals surface area (Å²) in [5, 5.41) is 2.79. The minimum absolute atomic E-state index is 0.0266. The van der Waals surface area contributed by atoms with Gasteiger partial charge >= 0.3 is 5.97 Å². The Labute approximate surface area is 117 Å². The van der Waals surface area contributed by atoms with E-state index in [4.69, 9.17) is 9.47 Å². The Balaban J connectivity index is 1.88. The van der Waals surface area contributed by atoms with Crippen molar-refractivity contribution in [3.8, 4) is 5.75 Å². The molecule has 1 heterocycles. The molecule has 2 rings (SSSR count). The summed E-state index contributed by atoms with van der Waals surface area (Å²) in [5.74, 6) is 0.218. The molecule has 0 saturated carbocycles. The number of nitrogens with one attached hydrogen (secondary N) is 1. The van der Waals surface area contributed by atoms with Crippen LogP contribution in [0.25, 0.3) is 0 Å². The monoisotopic (exact) mass is 275 g/mol. The van der Waals surface area contributed by atoms with Crippen molar-refractivity contribution in [3.63, 3.8) is 0 Å². The molecule has 0 saturated heterocycles. The summed E-state index contributed by atoms with van der Waals surface area (Å²) in [6.45, 7) is 1.99. The molecule has 0 bridgehead atoms. The number of amides is 1. The Morgan fingerprint density at radius 1 is 1.40 bits per heavy atom. The van der Waals surface area contributed by atoms with Crippen molar-refractivity contribution in [3.05, 3.63) is 35.9 Å². The number of esters is 1. The zero-order valence-electron chi connectivity index (χ0n) is 11.3. The predicted octanol–water partition coefficient (Wildman–Crippen LogP) is 2.07. The molecule has 1 amide bonds. The maximum absolute atomic E-state index is 11.4. The van der Waals surface area contributed by atoms with E-state index in [1.807, 2.05) is 19.1 Å². The van der Waals surface area contributed by atoms with Crippen LogP contribution in [0.3, 0.4) is 0 Å². The lowest BCUT2D eigenvalue weighted by Crippen LogP contribution is -2.19. The molecule has 0 aliphatic carbocycles. The molecule has 1 aliphatic heterocycles. The molecule has 0 radical (unpaired) electrons. The summed E-state index contributed by atoms with van der Waals surface area (Å²) >= 11 is 0. The first-order chi connectivity index (χ1) is 9.69. The molecule has 1 aromatic carbocycles. The van der Waals surface area contributed by atoms with Gasteiger partial charge in [0.2, 0.25) is 5.91 Å². The molecule has 20 heavy (non-hydrogen) atoms. The number of benzene rings is 1. The Morgan fingerprint density at radius 3 is 3.05 bits per heavy atom. The fourth-order valence-corrected chi connectivity index (χ4v) is 1.87. The molecule has 106 valence electrons. The molecule has 5 heteroatoms. The second-order valence-corrected chi connectivity index (χ2v) is 4.41. The molecule has 1 N–H and O–H groups in total. The van der Waals surface area contributed by atoms with Gasteiger partial charge in [0.15, 0.2) is 6.61 Å². The molecule has 0 unspecified atom stereocenters. The van der Waals surface area contributed by atoms with Gasteiger partial charge in [-0.2, -0.15) is 0 Å². The van der Waals surface area contributed by atoms with Crippen LogP contribution in [-0.4, -0.2) is 25.1 Å². The summed E-state index contributed by atoms with van der Waals surface area (Å²) in [6.07, 6.45) is 4.72. The van der Waals surface area contributed by atoms with Crippen molar-refractivity contribution in [2.45, 2.75) is 19.8 Å². The van der Waals surface area contributed by atoms with Crippen LogP contribution < -0.4 is 10.1 Å². The highest BCUT2D eigenvalue weighted by Gasteiger charge is 2.15. The third kappa shape index (κ3) is 3.85. The van der Waals surface area contributed by atoms with Crippen LogP contribution in [0.1, 0.15) is 18.9 Å². The number of hydrogen-bond acceptors (Lipinski definition) is 4. The predicted molar refractivity (Wildman–Crippen MR) is 74.7 cm³/mol. The molecule has 0 spiro atoms. The van der Waals surface area contributed by atoms with E-state index in [0.717, 1.165) is 11.3 Å². The molecule has 1 aromatic rings. The summed E-state index contributed by atoms with van der Waals surface area (Å²) in [4.78, 5) is 22.6. The van der Waals surface area contributed by atoms with Crippen LogP contribution in [0.15, 0.2) is 30.4 Å². The lowest BCUT2D eigenvalue weighted by Gasteiger charge is -2.17. The zero-order valence-corrected chi connectivity index (χ0v) is 11.3. The largest absolute Gasteiger partial charge is 0.482 e. The minimum Gasteiger partial charge on any atom is -0.482 e. The average molecular weight is 275 g/mol. The number of allylic oxidation sites excluding steroid dienone is 1. The van der Waals surface area contributed by atoms with E-state index in [9.17, 15) is 9.59 Å². The van der Waals surface area contributed by atoms with E-state index in [1.165, 1.54) is 0 Å². The van der Waals surface area contributed by atoms with Crippen molar-refractivity contribution in [2.24, 2.45) is 0 Å². The van der Waals surface area contributed by atoms with Crippen molar-refractivity contribution in [1.82, 2.24) is 0 Å². The Hall–Kier alpha value is -2.30. The van der Waals surface area contributed by atoms with Crippen molar-refractivity contribution < 1.29 is 19.1 Å². The fourth-order valence-electron chi connectivity index (χ4n) is 1.87. The normalized spacial score (nSPS) is 13.8. The van der Waals surface area contributed by atoms with Gasteiger partial charge in [0.05, 0.1) is 0 Å². The number of ether oxygens (including phenoxy) is 2. The number of rotatable bonds is 5. The number of carbonyl (C=O) groups excluding carboxylic acids is 2. The van der Waals surface area contributed by atoms with Crippen LogP contribution in [0.4, 0.5) is 5.69 Å². The smallest absolute Gasteiger partial charge is 0.344 e. The van der Waals surface area contributed by atoms with Crippen LogP contribution in [0.2, 0.25) is 0 Å². The molecule has 0 aromatic heterocycles. The first-order valence-electron chi connectivity index (χ1n) is 6.51. The van der Waals surface area contributed by atoms with Crippen LogP contribution in [-0.2, 0) is 20.7 Å². The van der Waals surface area contributed by atoms with E-state index in [1.54, 1.807) is 18.2 Å². The number of anilines is 1. The molecule has 0 fully saturated rings. The summed E-state index contributed by atoms with van der Waals surface area (Å²) in [7, 11) is 0. The first-order valence-corrected chi connectivity index (χ1v) is 6.51. The minimum atomic E-state index is -0.408. The van der Waals surface area contributed by atoms with Crippen LogP contribution in [0.5, 0.6) is 5.75 Å². The third-order valence-electron chi connectivity index (χ3n) is 2.91. The summed E-state index contributed by atoms with van der Waals surface area (Å²) < 4.78 is 10.3. The van der Waals surface area contributed by atoms with Crippen molar-refractivity contribution >= 4 is 17.6 Å². The van der Waals surface area contributed by atoms with Gasteiger partial charge in [0.1, 0.15) is 12.4 Å². The Morgan fingerprint density at radius 2 is 2.25 bits per heavy atom. The van der Waals surface area contributed by atoms with E-state index < -0.39 is 5.97 Å². The maximum atomic E-state index is 11.4. The third-order valence-corrected chi connectivity index (χ3v) is 2.91. The SMILES string of the molecule is C/C=C/COC(=O)COc1ccc2c(c1)CCC(=O)N2. The Kier molecular flexibility index (Phi) is 4.76. The van der Waals surface area contributed by atoms with E-state index >= 15 is 0 Å². The number of fused-ring (bicyclic) bond motifs is 1. The molecule has 0 atom stereocenters. The highest BCUT2D eigenvalue weighted by atomic mass is 16.6. The quantitative estimate of drug-likeness (QED) is 0.660. The van der Waals surface area contributed by atoms with Gasteiger partial charge in [0.25, 0.3) is 0 Å². The Bertz CT molecular complexity index is 537. The number of carbonyl (C=O) groups is 2. The van der Waals surface area contributed by atoms with E-state index in [-0.39, 0.29) is 19.1 Å². The second kappa shape index (κ2) is 6.75. The molecular weight excluding hydrogens is 258 g/mol. The van der Waals surface area contributed by atoms with Crippen molar-refractivity contribution in [1.29, 1.82) is 0 Å². The van der Waals surface area contributed by atoms with Gasteiger partial charge in [0, 0.05) is 12.1 Å². The zero-order chi connectivity index (χ0) is 14.4. The van der Waals surface area contributed by atoms with Gasteiger partial charge < -0.3 is 14.8 Å². The lowest BCUT2D eigenvalue weighted by molar-refractivity contribution is -0.144. The summed E-state index contributed by atoms with van der Waals surface area (Å²) in [6, 6.07) is 5.35. The molecule has 1 aliphatic rings. The number of aryl methyl sites for hydroxylation is 1. The standard InChI is InChI=1S/C15H17NO4/c1-2-3-8-19-15(18)10-20-12-5-6-13-11(9-12)4-7-14(17)16-13/h2-3,5-6,9H,4,7-8,10H2,1H3,(H,16,17)/b3-2+. The van der Waals surface area contributed by atoms with Gasteiger partial charge in [-0.25, -0.2) is 4.79 Å².